The van der Waals surface area contributed by atoms with Crippen LogP contribution in [0.4, 0.5) is 0 Å². The minimum atomic E-state index is -0.557. The van der Waals surface area contributed by atoms with Gasteiger partial charge in [0.1, 0.15) is 6.61 Å². The van der Waals surface area contributed by atoms with Crippen LogP contribution in [-0.4, -0.2) is 23.8 Å². The SMILES string of the molecule is CC(=O)OC[C@@H](C)O. The van der Waals surface area contributed by atoms with Gasteiger partial charge in [0.2, 0.25) is 0 Å². The Morgan fingerprint density at radius 1 is 1.88 bits per heavy atom. The predicted octanol–water partition coefficient (Wildman–Crippen LogP) is -0.0697. The van der Waals surface area contributed by atoms with E-state index in [-0.39, 0.29) is 12.6 Å². The molecule has 0 spiro atoms. The summed E-state index contributed by atoms with van der Waals surface area (Å²) in [7, 11) is 0. The summed E-state index contributed by atoms with van der Waals surface area (Å²) in [4.78, 5) is 10.0. The lowest BCUT2D eigenvalue weighted by molar-refractivity contribution is -0.143. The molecule has 0 saturated heterocycles. The molecular formula is C5H10O3. The molecule has 0 heterocycles. The Balaban J connectivity index is 3.05. The minimum absolute atomic E-state index is 0.0926. The quantitative estimate of drug-likeness (QED) is 0.516. The molecule has 0 bridgehead atoms. The summed E-state index contributed by atoms with van der Waals surface area (Å²) in [6, 6.07) is 0. The molecule has 0 saturated carbocycles. The van der Waals surface area contributed by atoms with Crippen LogP contribution in [0.15, 0.2) is 0 Å². The van der Waals surface area contributed by atoms with Gasteiger partial charge in [-0.3, -0.25) is 4.79 Å². The van der Waals surface area contributed by atoms with Gasteiger partial charge in [-0.2, -0.15) is 0 Å². The van der Waals surface area contributed by atoms with E-state index < -0.39 is 6.10 Å². The fourth-order valence-electron chi connectivity index (χ4n) is 0.238. The van der Waals surface area contributed by atoms with Crippen molar-refractivity contribution in [2.75, 3.05) is 6.61 Å². The number of ether oxygens (including phenoxy) is 1. The van der Waals surface area contributed by atoms with Gasteiger partial charge in [-0.15, -0.1) is 0 Å². The Morgan fingerprint density at radius 3 is 2.50 bits per heavy atom. The first kappa shape index (κ1) is 7.43. The summed E-state index contributed by atoms with van der Waals surface area (Å²) < 4.78 is 4.41. The molecule has 0 radical (unpaired) electrons. The second kappa shape index (κ2) is 3.43. The highest BCUT2D eigenvalue weighted by Gasteiger charge is 1.96. The molecule has 0 aliphatic rings. The van der Waals surface area contributed by atoms with Crippen molar-refractivity contribution in [3.63, 3.8) is 0 Å². The Labute approximate surface area is 48.3 Å². The molecular weight excluding hydrogens is 108 g/mol. The second-order valence-corrected chi connectivity index (χ2v) is 1.65. The van der Waals surface area contributed by atoms with Crippen molar-refractivity contribution in [3.05, 3.63) is 0 Å². The van der Waals surface area contributed by atoms with E-state index in [0.717, 1.165) is 0 Å². The van der Waals surface area contributed by atoms with Crippen LogP contribution in [0, 0.1) is 0 Å². The molecule has 0 rings (SSSR count). The van der Waals surface area contributed by atoms with E-state index in [0.29, 0.717) is 0 Å². The lowest BCUT2D eigenvalue weighted by Gasteiger charge is -2.01. The van der Waals surface area contributed by atoms with Crippen LogP contribution >= 0.6 is 0 Å². The van der Waals surface area contributed by atoms with Crippen molar-refractivity contribution in [2.45, 2.75) is 20.0 Å². The van der Waals surface area contributed by atoms with Gasteiger partial charge in [-0.05, 0) is 6.92 Å². The maximum absolute atomic E-state index is 10.0. The Hall–Kier alpha value is -0.570. The van der Waals surface area contributed by atoms with Crippen LogP contribution < -0.4 is 0 Å². The number of aliphatic hydroxyl groups excluding tert-OH is 1. The molecule has 3 heteroatoms. The third-order valence-electron chi connectivity index (χ3n) is 0.528. The number of carbonyl (C=O) groups excluding carboxylic acids is 1. The number of aliphatic hydroxyl groups is 1. The number of carbonyl (C=O) groups is 1. The molecule has 3 nitrogen and oxygen atoms in total. The zero-order valence-corrected chi connectivity index (χ0v) is 5.05. The summed E-state index contributed by atoms with van der Waals surface area (Å²) in [5.74, 6) is -0.356. The highest BCUT2D eigenvalue weighted by atomic mass is 16.5. The maximum Gasteiger partial charge on any atom is 0.302 e. The Kier molecular flexibility index (Phi) is 3.19. The van der Waals surface area contributed by atoms with Crippen LogP contribution in [-0.2, 0) is 9.53 Å². The first-order valence-electron chi connectivity index (χ1n) is 2.44. The average Bonchev–Trinajstić information content (AvgIpc) is 1.61. The Morgan fingerprint density at radius 2 is 2.38 bits per heavy atom. The third-order valence-corrected chi connectivity index (χ3v) is 0.528. The van der Waals surface area contributed by atoms with Gasteiger partial charge in [0.15, 0.2) is 0 Å². The van der Waals surface area contributed by atoms with E-state index in [4.69, 9.17) is 5.11 Å². The molecule has 1 N–H and O–H groups in total. The number of rotatable bonds is 2. The zero-order valence-electron chi connectivity index (χ0n) is 5.05. The molecule has 0 aromatic heterocycles. The predicted molar refractivity (Wildman–Crippen MR) is 28.3 cm³/mol. The maximum atomic E-state index is 10.0. The molecule has 0 aliphatic carbocycles. The number of hydrogen-bond donors (Lipinski definition) is 1. The van der Waals surface area contributed by atoms with Crippen molar-refractivity contribution in [1.29, 1.82) is 0 Å². The summed E-state index contributed by atoms with van der Waals surface area (Å²) in [5, 5.41) is 8.52. The first-order chi connectivity index (χ1) is 3.63. The van der Waals surface area contributed by atoms with E-state index in [2.05, 4.69) is 4.74 Å². The van der Waals surface area contributed by atoms with E-state index in [9.17, 15) is 4.79 Å². The van der Waals surface area contributed by atoms with Gasteiger partial charge in [-0.1, -0.05) is 0 Å². The first-order valence-corrected chi connectivity index (χ1v) is 2.44. The topological polar surface area (TPSA) is 46.5 Å². The van der Waals surface area contributed by atoms with Gasteiger partial charge in [0.05, 0.1) is 6.10 Å². The molecule has 0 fully saturated rings. The minimum Gasteiger partial charge on any atom is -0.463 e. The van der Waals surface area contributed by atoms with Gasteiger partial charge in [0.25, 0.3) is 0 Å². The normalized spacial score (nSPS) is 12.9. The lowest BCUT2D eigenvalue weighted by atomic mass is 10.4. The summed E-state index contributed by atoms with van der Waals surface area (Å²) in [5.41, 5.74) is 0. The molecule has 0 aromatic carbocycles. The smallest absolute Gasteiger partial charge is 0.302 e. The van der Waals surface area contributed by atoms with Crippen molar-refractivity contribution >= 4 is 5.97 Å². The van der Waals surface area contributed by atoms with Crippen molar-refractivity contribution in [3.8, 4) is 0 Å². The third kappa shape index (κ3) is 5.43. The fraction of sp³-hybridized carbons (Fsp3) is 0.800. The van der Waals surface area contributed by atoms with Gasteiger partial charge < -0.3 is 9.84 Å². The molecule has 1 atom stereocenters. The molecule has 0 aliphatic heterocycles. The van der Waals surface area contributed by atoms with Crippen LogP contribution in [0.2, 0.25) is 0 Å². The van der Waals surface area contributed by atoms with Crippen molar-refractivity contribution < 1.29 is 14.6 Å². The number of hydrogen-bond acceptors (Lipinski definition) is 3. The molecule has 8 heavy (non-hydrogen) atoms. The highest BCUT2D eigenvalue weighted by molar-refractivity contribution is 5.65. The van der Waals surface area contributed by atoms with Crippen LogP contribution in [0.3, 0.4) is 0 Å². The lowest BCUT2D eigenvalue weighted by Crippen LogP contribution is -2.12. The van der Waals surface area contributed by atoms with Crippen molar-refractivity contribution in [1.82, 2.24) is 0 Å². The van der Waals surface area contributed by atoms with Gasteiger partial charge >= 0.3 is 5.97 Å². The molecule has 0 aromatic rings. The van der Waals surface area contributed by atoms with E-state index >= 15 is 0 Å². The average molecular weight is 118 g/mol. The van der Waals surface area contributed by atoms with Crippen LogP contribution in [0.5, 0.6) is 0 Å². The zero-order chi connectivity index (χ0) is 6.57. The number of esters is 1. The van der Waals surface area contributed by atoms with E-state index in [1.54, 1.807) is 6.92 Å². The summed E-state index contributed by atoms with van der Waals surface area (Å²) >= 11 is 0. The summed E-state index contributed by atoms with van der Waals surface area (Å²) in [6.07, 6.45) is -0.557. The van der Waals surface area contributed by atoms with E-state index in [1.807, 2.05) is 0 Å². The molecule has 0 unspecified atom stereocenters. The molecule has 0 amide bonds. The largest absolute Gasteiger partial charge is 0.463 e. The summed E-state index contributed by atoms with van der Waals surface area (Å²) in [6.45, 7) is 2.96. The van der Waals surface area contributed by atoms with Crippen LogP contribution in [0.1, 0.15) is 13.8 Å². The second-order valence-electron chi connectivity index (χ2n) is 1.65. The van der Waals surface area contributed by atoms with Crippen LogP contribution in [0.25, 0.3) is 0 Å². The fourth-order valence-corrected chi connectivity index (χ4v) is 0.238. The van der Waals surface area contributed by atoms with Gasteiger partial charge in [-0.25, -0.2) is 0 Å². The van der Waals surface area contributed by atoms with E-state index in [1.165, 1.54) is 6.92 Å². The van der Waals surface area contributed by atoms with Gasteiger partial charge in [0, 0.05) is 6.92 Å². The standard InChI is InChI=1S/C5H10O3/c1-4(6)3-8-5(2)7/h4,6H,3H2,1-2H3/t4-/m1/s1. The highest BCUT2D eigenvalue weighted by Crippen LogP contribution is 1.81. The Bertz CT molecular complexity index is 77.7. The molecule has 48 valence electrons. The van der Waals surface area contributed by atoms with Crippen molar-refractivity contribution in [2.24, 2.45) is 0 Å². The monoisotopic (exact) mass is 118 g/mol.